The van der Waals surface area contributed by atoms with Gasteiger partial charge in [-0.3, -0.25) is 4.79 Å². The first kappa shape index (κ1) is 16.5. The van der Waals surface area contributed by atoms with Gasteiger partial charge in [-0.15, -0.1) is 0 Å². The Hall–Kier alpha value is -2.57. The molecule has 114 valence electrons. The van der Waals surface area contributed by atoms with E-state index in [0.717, 1.165) is 5.56 Å². The predicted molar refractivity (Wildman–Crippen MR) is 73.8 cm³/mol. The largest absolute Gasteiger partial charge is 0.445 e. The van der Waals surface area contributed by atoms with Crippen molar-refractivity contribution >= 4 is 18.0 Å². The molecule has 21 heavy (non-hydrogen) atoms. The van der Waals surface area contributed by atoms with Crippen LogP contribution >= 0.6 is 0 Å². The normalized spacial score (nSPS) is 11.1. The molecule has 0 heterocycles. The Kier molecular flexibility index (Phi) is 6.73. The van der Waals surface area contributed by atoms with E-state index < -0.39 is 24.0 Å². The van der Waals surface area contributed by atoms with E-state index in [0.29, 0.717) is 0 Å². The number of hydrogen-bond acceptors (Lipinski definition) is 5. The van der Waals surface area contributed by atoms with Crippen LogP contribution in [0, 0.1) is 0 Å². The van der Waals surface area contributed by atoms with Gasteiger partial charge in [0, 0.05) is 6.42 Å². The molecule has 0 radical (unpaired) electrons. The smallest absolute Gasteiger partial charge is 0.408 e. The first-order valence-corrected chi connectivity index (χ1v) is 6.49. The van der Waals surface area contributed by atoms with Gasteiger partial charge in [-0.2, -0.15) is 5.48 Å². The van der Waals surface area contributed by atoms with E-state index in [1.54, 1.807) is 6.92 Å². The molecule has 7 heteroatoms. The molecule has 0 fully saturated rings. The Morgan fingerprint density at radius 3 is 2.48 bits per heavy atom. The average molecular weight is 294 g/mol. The number of hydrogen-bond donors (Lipinski definition) is 2. The number of hydroxylamine groups is 1. The Balaban J connectivity index is 2.29. The van der Waals surface area contributed by atoms with Crippen molar-refractivity contribution in [2.75, 3.05) is 0 Å². The van der Waals surface area contributed by atoms with Crippen LogP contribution in [0.5, 0.6) is 0 Å². The summed E-state index contributed by atoms with van der Waals surface area (Å²) in [7, 11) is 0. The maximum atomic E-state index is 11.5. The van der Waals surface area contributed by atoms with Crippen LogP contribution in [0.1, 0.15) is 25.8 Å². The highest BCUT2D eigenvalue weighted by atomic mass is 16.7. The molecule has 0 saturated heterocycles. The molecule has 1 rings (SSSR count). The van der Waals surface area contributed by atoms with Crippen molar-refractivity contribution in [1.29, 1.82) is 0 Å². The van der Waals surface area contributed by atoms with Gasteiger partial charge in [0.1, 0.15) is 12.6 Å². The number of benzene rings is 1. The van der Waals surface area contributed by atoms with Crippen LogP contribution in [0.4, 0.5) is 4.79 Å². The quantitative estimate of drug-likeness (QED) is 0.798. The van der Waals surface area contributed by atoms with Gasteiger partial charge in [0.05, 0.1) is 0 Å². The third kappa shape index (κ3) is 6.42. The van der Waals surface area contributed by atoms with Gasteiger partial charge in [-0.05, 0) is 12.5 Å². The average Bonchev–Trinajstić information content (AvgIpc) is 2.51. The topological polar surface area (TPSA) is 93.7 Å². The molecule has 0 aliphatic heterocycles. The van der Waals surface area contributed by atoms with Crippen molar-refractivity contribution in [3.05, 3.63) is 35.9 Å². The van der Waals surface area contributed by atoms with E-state index in [2.05, 4.69) is 10.2 Å². The van der Waals surface area contributed by atoms with E-state index >= 15 is 0 Å². The summed E-state index contributed by atoms with van der Waals surface area (Å²) in [6.07, 6.45) is -0.593. The number of carbonyl (C=O) groups is 3. The summed E-state index contributed by atoms with van der Waals surface area (Å²) in [6, 6.07) is 8.25. The highest BCUT2D eigenvalue weighted by Crippen LogP contribution is 2.00. The van der Waals surface area contributed by atoms with E-state index in [1.807, 2.05) is 35.8 Å². The maximum Gasteiger partial charge on any atom is 0.408 e. The van der Waals surface area contributed by atoms with Gasteiger partial charge < -0.3 is 14.9 Å². The second-order valence-corrected chi connectivity index (χ2v) is 4.22. The molecule has 0 aliphatic carbocycles. The molecule has 7 nitrogen and oxygen atoms in total. The van der Waals surface area contributed by atoms with Gasteiger partial charge in [-0.1, -0.05) is 37.3 Å². The molecule has 2 amide bonds. The summed E-state index contributed by atoms with van der Waals surface area (Å²) >= 11 is 0. The highest BCUT2D eigenvalue weighted by Gasteiger charge is 2.17. The van der Waals surface area contributed by atoms with Crippen LogP contribution in [0.2, 0.25) is 0 Å². The van der Waals surface area contributed by atoms with E-state index in [1.165, 1.54) is 6.92 Å². The number of nitrogens with one attached hydrogen (secondary N) is 2. The van der Waals surface area contributed by atoms with Crippen molar-refractivity contribution < 1.29 is 24.0 Å². The van der Waals surface area contributed by atoms with Crippen LogP contribution in [0.3, 0.4) is 0 Å². The van der Waals surface area contributed by atoms with E-state index in [-0.39, 0.29) is 13.0 Å². The lowest BCUT2D eigenvalue weighted by molar-refractivity contribution is -0.158. The van der Waals surface area contributed by atoms with Crippen LogP contribution < -0.4 is 10.8 Å². The number of rotatable bonds is 5. The fraction of sp³-hybridized carbons (Fsp3) is 0.357. The zero-order valence-electron chi connectivity index (χ0n) is 11.9. The Morgan fingerprint density at radius 1 is 1.19 bits per heavy atom. The van der Waals surface area contributed by atoms with Crippen molar-refractivity contribution in [2.24, 2.45) is 0 Å². The minimum absolute atomic E-state index is 0.103. The monoisotopic (exact) mass is 294 g/mol. The summed E-state index contributed by atoms with van der Waals surface area (Å²) in [6.45, 7) is 3.14. The van der Waals surface area contributed by atoms with Crippen molar-refractivity contribution in [1.82, 2.24) is 10.8 Å². The molecule has 0 saturated carbocycles. The number of carbonyl (C=O) groups excluding carboxylic acids is 3. The minimum Gasteiger partial charge on any atom is -0.445 e. The second-order valence-electron chi connectivity index (χ2n) is 4.22. The molecule has 1 aromatic rings. The molecule has 0 aromatic heterocycles. The zero-order chi connectivity index (χ0) is 15.7. The molecule has 0 spiro atoms. The van der Waals surface area contributed by atoms with Crippen LogP contribution in [-0.4, -0.2) is 24.0 Å². The number of ether oxygens (including phenoxy) is 1. The molecule has 1 atom stereocenters. The van der Waals surface area contributed by atoms with Gasteiger partial charge >= 0.3 is 12.1 Å². The minimum atomic E-state index is -0.891. The van der Waals surface area contributed by atoms with Crippen molar-refractivity contribution in [3.8, 4) is 0 Å². The molecule has 2 N–H and O–H groups in total. The third-order valence-corrected chi connectivity index (χ3v) is 2.49. The lowest BCUT2D eigenvalue weighted by atomic mass is 10.2. The fourth-order valence-electron chi connectivity index (χ4n) is 1.27. The predicted octanol–water partition coefficient (Wildman–Crippen LogP) is 1.29. The van der Waals surface area contributed by atoms with Crippen LogP contribution in [-0.2, 0) is 25.8 Å². The summed E-state index contributed by atoms with van der Waals surface area (Å²) in [4.78, 5) is 38.3. The summed E-state index contributed by atoms with van der Waals surface area (Å²) < 4.78 is 4.96. The molecular weight excluding hydrogens is 276 g/mol. The standard InChI is InChI=1S/C14H18N2O5/c1-3-12(17)21-16-13(18)10(2)15-14(19)20-9-11-7-5-4-6-8-11/h4-8,10H,3,9H2,1-2H3,(H,15,19)(H,16,18)/t10-/m0/s1. The SMILES string of the molecule is CCC(=O)ONC(=O)[C@H](C)NC(=O)OCc1ccccc1. The van der Waals surface area contributed by atoms with Crippen LogP contribution in [0.25, 0.3) is 0 Å². The van der Waals surface area contributed by atoms with Crippen molar-refractivity contribution in [2.45, 2.75) is 32.9 Å². The highest BCUT2D eigenvalue weighted by molar-refractivity contribution is 5.85. The summed E-state index contributed by atoms with van der Waals surface area (Å²) in [5, 5.41) is 2.33. The second kappa shape index (κ2) is 8.57. The molecule has 1 aromatic carbocycles. The Labute approximate surface area is 122 Å². The van der Waals surface area contributed by atoms with Gasteiger partial charge in [-0.25, -0.2) is 9.59 Å². The number of amides is 2. The van der Waals surface area contributed by atoms with E-state index in [9.17, 15) is 14.4 Å². The number of alkyl carbamates (subject to hydrolysis) is 1. The van der Waals surface area contributed by atoms with Gasteiger partial charge in [0.25, 0.3) is 5.91 Å². The molecule has 0 unspecified atom stereocenters. The lowest BCUT2D eigenvalue weighted by Gasteiger charge is -2.13. The van der Waals surface area contributed by atoms with Crippen molar-refractivity contribution in [3.63, 3.8) is 0 Å². The summed E-state index contributed by atoms with van der Waals surface area (Å²) in [5.74, 6) is -1.21. The first-order chi connectivity index (χ1) is 10.0. The molecule has 0 aliphatic rings. The Morgan fingerprint density at radius 2 is 1.86 bits per heavy atom. The Bertz CT molecular complexity index is 489. The van der Waals surface area contributed by atoms with Crippen LogP contribution in [0.15, 0.2) is 30.3 Å². The first-order valence-electron chi connectivity index (χ1n) is 6.49. The molecular formula is C14H18N2O5. The maximum absolute atomic E-state index is 11.5. The lowest BCUT2D eigenvalue weighted by Crippen LogP contribution is -2.45. The fourth-order valence-corrected chi connectivity index (χ4v) is 1.27. The zero-order valence-corrected chi connectivity index (χ0v) is 11.9. The molecule has 0 bridgehead atoms. The van der Waals surface area contributed by atoms with Gasteiger partial charge in [0.2, 0.25) is 0 Å². The summed E-state index contributed by atoms with van der Waals surface area (Å²) in [5.41, 5.74) is 2.79. The third-order valence-electron chi connectivity index (χ3n) is 2.49. The van der Waals surface area contributed by atoms with Gasteiger partial charge in [0.15, 0.2) is 0 Å². The van der Waals surface area contributed by atoms with E-state index in [4.69, 9.17) is 4.74 Å².